The van der Waals surface area contributed by atoms with Gasteiger partial charge in [0, 0.05) is 48.1 Å². The van der Waals surface area contributed by atoms with Crippen LogP contribution in [0, 0.1) is 23.2 Å². The minimum Gasteiger partial charge on any atom is -0.495 e. The van der Waals surface area contributed by atoms with Crippen LogP contribution < -0.4 is 15.4 Å². The van der Waals surface area contributed by atoms with Gasteiger partial charge in [0.1, 0.15) is 12.3 Å². The molecule has 0 unspecified atom stereocenters. The first-order chi connectivity index (χ1) is 18.8. The number of benzene rings is 2. The standard InChI is InChI=1S/C29H32F3N5OS/c1-38-28-19-23(39-2)9-10-26(28)34-14-4-6-22-18-24-25(7-3-8-27(24)37(22)20-29(30,31)32)35-21-11-16-36(17-12-21)15-5-13-33/h3,7-10,18-19,21,34-35H,5,11-12,14-17,20H2,1-2H3. The van der Waals surface area contributed by atoms with E-state index in [1.54, 1.807) is 37.1 Å². The van der Waals surface area contributed by atoms with Crippen LogP contribution in [-0.2, 0) is 6.54 Å². The van der Waals surface area contributed by atoms with Crippen LogP contribution >= 0.6 is 11.8 Å². The van der Waals surface area contributed by atoms with Crippen LogP contribution in [0.3, 0.4) is 0 Å². The van der Waals surface area contributed by atoms with Gasteiger partial charge in [0.2, 0.25) is 0 Å². The van der Waals surface area contributed by atoms with Crippen molar-refractivity contribution < 1.29 is 17.9 Å². The number of halogens is 3. The molecule has 0 atom stereocenters. The molecule has 2 N–H and O–H groups in total. The number of fused-ring (bicyclic) bond motifs is 1. The van der Waals surface area contributed by atoms with Crippen molar-refractivity contribution >= 4 is 34.0 Å². The van der Waals surface area contributed by atoms with E-state index >= 15 is 0 Å². The van der Waals surface area contributed by atoms with Crippen molar-refractivity contribution in [2.75, 3.05) is 50.2 Å². The van der Waals surface area contributed by atoms with E-state index in [0.717, 1.165) is 54.1 Å². The van der Waals surface area contributed by atoms with E-state index in [4.69, 9.17) is 10.00 Å². The number of hydrogen-bond donors (Lipinski definition) is 2. The van der Waals surface area contributed by atoms with Crippen LogP contribution in [0.25, 0.3) is 10.9 Å². The summed E-state index contributed by atoms with van der Waals surface area (Å²) in [6.07, 6.45) is -0.0700. The van der Waals surface area contributed by atoms with Gasteiger partial charge in [0.25, 0.3) is 0 Å². The first kappa shape index (κ1) is 28.5. The molecule has 1 aromatic heterocycles. The topological polar surface area (TPSA) is 65.2 Å². The van der Waals surface area contributed by atoms with Crippen LogP contribution in [0.1, 0.15) is 25.0 Å². The lowest BCUT2D eigenvalue weighted by Crippen LogP contribution is -2.39. The fraction of sp³-hybridized carbons (Fsp3) is 0.414. The molecule has 0 saturated carbocycles. The number of aromatic nitrogens is 1. The Bertz CT molecular complexity index is 1380. The molecule has 2 aromatic carbocycles. The Hall–Kier alpha value is -3.47. The van der Waals surface area contributed by atoms with E-state index in [2.05, 4.69) is 33.4 Å². The minimum absolute atomic E-state index is 0.214. The van der Waals surface area contributed by atoms with Crippen molar-refractivity contribution in [1.82, 2.24) is 9.47 Å². The molecule has 4 rings (SSSR count). The number of hydrogen-bond acceptors (Lipinski definition) is 6. The summed E-state index contributed by atoms with van der Waals surface area (Å²) in [4.78, 5) is 3.34. The van der Waals surface area contributed by atoms with Crippen molar-refractivity contribution in [1.29, 1.82) is 5.26 Å². The Morgan fingerprint density at radius 1 is 1.13 bits per heavy atom. The molecule has 1 saturated heterocycles. The van der Waals surface area contributed by atoms with Crippen LogP contribution in [0.4, 0.5) is 24.5 Å². The third-order valence-corrected chi connectivity index (χ3v) is 7.49. The van der Waals surface area contributed by atoms with Crippen molar-refractivity contribution in [2.24, 2.45) is 0 Å². The number of thioether (sulfide) groups is 1. The number of rotatable bonds is 9. The summed E-state index contributed by atoms with van der Waals surface area (Å²) in [6.45, 7) is 1.68. The predicted octanol–water partition coefficient (Wildman–Crippen LogP) is 6.19. The lowest BCUT2D eigenvalue weighted by molar-refractivity contribution is -0.140. The Balaban J connectivity index is 1.54. The zero-order chi connectivity index (χ0) is 27.8. The number of nitrogens with zero attached hydrogens (tertiary/aromatic N) is 3. The molecule has 0 aliphatic carbocycles. The third kappa shape index (κ3) is 7.56. The van der Waals surface area contributed by atoms with Gasteiger partial charge in [-0.1, -0.05) is 12.0 Å². The highest BCUT2D eigenvalue weighted by Gasteiger charge is 2.30. The van der Waals surface area contributed by atoms with Gasteiger partial charge in [-0.15, -0.1) is 11.8 Å². The Morgan fingerprint density at radius 2 is 1.92 bits per heavy atom. The molecule has 1 aliphatic rings. The maximum Gasteiger partial charge on any atom is 0.406 e. The van der Waals surface area contributed by atoms with E-state index < -0.39 is 12.7 Å². The van der Waals surface area contributed by atoms with E-state index in [0.29, 0.717) is 23.4 Å². The van der Waals surface area contributed by atoms with Gasteiger partial charge in [0.15, 0.2) is 0 Å². The average molecular weight is 556 g/mol. The van der Waals surface area contributed by atoms with E-state index in [1.807, 2.05) is 30.5 Å². The van der Waals surface area contributed by atoms with Gasteiger partial charge in [-0.25, -0.2) is 0 Å². The summed E-state index contributed by atoms with van der Waals surface area (Å²) < 4.78 is 47.3. The molecule has 1 aliphatic heterocycles. The van der Waals surface area contributed by atoms with Crippen LogP contribution in [0.5, 0.6) is 5.75 Å². The fourth-order valence-electron chi connectivity index (χ4n) is 4.81. The van der Waals surface area contributed by atoms with Crippen LogP contribution in [0.15, 0.2) is 47.4 Å². The smallest absolute Gasteiger partial charge is 0.406 e. The summed E-state index contributed by atoms with van der Waals surface area (Å²) in [6, 6.07) is 15.3. The molecule has 6 nitrogen and oxygen atoms in total. The normalized spacial score (nSPS) is 14.5. The second-order valence-corrected chi connectivity index (χ2v) is 10.2. The maximum atomic E-state index is 13.5. The number of likely N-dealkylation sites (tertiary alicyclic amines) is 1. The zero-order valence-electron chi connectivity index (χ0n) is 22.1. The monoisotopic (exact) mass is 555 g/mol. The molecule has 1 fully saturated rings. The van der Waals surface area contributed by atoms with Crippen molar-refractivity contribution in [3.05, 3.63) is 48.2 Å². The number of nitriles is 1. The summed E-state index contributed by atoms with van der Waals surface area (Å²) in [7, 11) is 1.59. The number of piperidine rings is 1. The molecule has 0 radical (unpaired) electrons. The second kappa shape index (κ2) is 13.1. The molecule has 0 spiro atoms. The van der Waals surface area contributed by atoms with Gasteiger partial charge < -0.3 is 24.8 Å². The molecule has 0 bridgehead atoms. The number of alkyl halides is 3. The summed E-state index contributed by atoms with van der Waals surface area (Å²) in [5.74, 6) is 6.62. The van der Waals surface area contributed by atoms with E-state index in [-0.39, 0.29) is 12.6 Å². The van der Waals surface area contributed by atoms with Crippen LogP contribution in [-0.4, -0.2) is 61.2 Å². The number of nitrogens with one attached hydrogen (secondary N) is 2. The van der Waals surface area contributed by atoms with Gasteiger partial charge >= 0.3 is 6.18 Å². The van der Waals surface area contributed by atoms with Crippen molar-refractivity contribution in [3.63, 3.8) is 0 Å². The highest BCUT2D eigenvalue weighted by molar-refractivity contribution is 7.98. The summed E-state index contributed by atoms with van der Waals surface area (Å²) in [5, 5.41) is 16.3. The Labute approximate surface area is 231 Å². The Kier molecular flexibility index (Phi) is 9.55. The molecule has 206 valence electrons. The largest absolute Gasteiger partial charge is 0.495 e. The van der Waals surface area contributed by atoms with Gasteiger partial charge in [-0.05, 0) is 61.4 Å². The van der Waals surface area contributed by atoms with Crippen LogP contribution in [0.2, 0.25) is 0 Å². The molecule has 10 heteroatoms. The first-order valence-corrected chi connectivity index (χ1v) is 14.0. The lowest BCUT2D eigenvalue weighted by Gasteiger charge is -2.32. The first-order valence-electron chi connectivity index (χ1n) is 12.8. The Morgan fingerprint density at radius 3 is 2.62 bits per heavy atom. The minimum atomic E-state index is -4.38. The summed E-state index contributed by atoms with van der Waals surface area (Å²) in [5.41, 5.74) is 2.39. The van der Waals surface area contributed by atoms with Gasteiger partial charge in [-0.2, -0.15) is 18.4 Å². The van der Waals surface area contributed by atoms with Gasteiger partial charge in [0.05, 0.1) is 36.6 Å². The molecular weight excluding hydrogens is 523 g/mol. The number of ether oxygens (including phenoxy) is 1. The van der Waals surface area contributed by atoms with E-state index in [9.17, 15) is 13.2 Å². The molecule has 3 aromatic rings. The SMILES string of the molecule is COc1cc(SC)ccc1NCC#Cc1cc2c(NC3CCN(CCC#N)CC3)cccc2n1CC(F)(F)F. The van der Waals surface area contributed by atoms with Crippen molar-refractivity contribution in [3.8, 4) is 23.7 Å². The third-order valence-electron chi connectivity index (χ3n) is 6.76. The highest BCUT2D eigenvalue weighted by Crippen LogP contribution is 2.32. The van der Waals surface area contributed by atoms with E-state index in [1.165, 1.54) is 4.57 Å². The fourth-order valence-corrected chi connectivity index (χ4v) is 5.24. The average Bonchev–Trinajstić information content (AvgIpc) is 3.27. The molecule has 2 heterocycles. The zero-order valence-corrected chi connectivity index (χ0v) is 22.9. The number of anilines is 2. The predicted molar refractivity (Wildman–Crippen MR) is 151 cm³/mol. The number of methoxy groups -OCH3 is 1. The quantitative estimate of drug-likeness (QED) is 0.243. The molecule has 39 heavy (non-hydrogen) atoms. The maximum absolute atomic E-state index is 13.5. The summed E-state index contributed by atoms with van der Waals surface area (Å²) >= 11 is 1.61. The second-order valence-electron chi connectivity index (χ2n) is 9.36. The molecular formula is C29H32F3N5OS. The lowest BCUT2D eigenvalue weighted by atomic mass is 10.0. The molecule has 0 amide bonds. The van der Waals surface area contributed by atoms with Gasteiger partial charge in [-0.3, -0.25) is 0 Å². The van der Waals surface area contributed by atoms with Crippen molar-refractivity contribution in [2.45, 2.75) is 42.9 Å². The highest BCUT2D eigenvalue weighted by atomic mass is 32.2.